The van der Waals surface area contributed by atoms with Crippen molar-refractivity contribution in [3.8, 4) is 11.4 Å². The zero-order valence-corrected chi connectivity index (χ0v) is 17.3. The maximum Gasteiger partial charge on any atom is 0.287 e. The molecule has 2 N–H and O–H groups in total. The molecule has 152 valence electrons. The van der Waals surface area contributed by atoms with Gasteiger partial charge in [-0.3, -0.25) is 14.9 Å². The second kappa shape index (κ2) is 7.50. The first-order valence-corrected chi connectivity index (χ1v) is 10.4. The molecule has 7 nitrogen and oxygen atoms in total. The van der Waals surface area contributed by atoms with Crippen LogP contribution in [0.2, 0.25) is 5.02 Å². The second-order valence-electron chi connectivity index (χ2n) is 6.79. The Bertz CT molecular complexity index is 1460. The quantitative estimate of drug-likeness (QED) is 0.250. The number of halogens is 1. The number of para-hydroxylation sites is 2. The number of amides is 1. The summed E-state index contributed by atoms with van der Waals surface area (Å²) in [6, 6.07) is 19.6. The molecular weight excluding hydrogens is 436 g/mol. The van der Waals surface area contributed by atoms with Crippen LogP contribution in [0.3, 0.4) is 0 Å². The van der Waals surface area contributed by atoms with Crippen LogP contribution in [0, 0.1) is 10.1 Å². The van der Waals surface area contributed by atoms with Gasteiger partial charge in [-0.05, 0) is 24.3 Å². The van der Waals surface area contributed by atoms with Crippen molar-refractivity contribution in [3.05, 3.63) is 86.7 Å². The zero-order chi connectivity index (χ0) is 21.5. The van der Waals surface area contributed by atoms with E-state index in [0.717, 1.165) is 27.9 Å². The van der Waals surface area contributed by atoms with Crippen LogP contribution in [0.15, 0.2) is 66.7 Å². The minimum absolute atomic E-state index is 0.0738. The van der Waals surface area contributed by atoms with Gasteiger partial charge in [0.25, 0.3) is 11.6 Å². The SMILES string of the molecule is O=C(Nc1cccc(-c2nc3ccccc3[nH]2)c1)c1sc2c([N+](=O)[O-])cccc2c1Cl. The number of H-pyrrole nitrogens is 1. The predicted octanol–water partition coefficient (Wildman–Crippen LogP) is 6.26. The molecule has 3 aromatic carbocycles. The largest absolute Gasteiger partial charge is 0.338 e. The Morgan fingerprint density at radius 1 is 1.10 bits per heavy atom. The van der Waals surface area contributed by atoms with Gasteiger partial charge in [0.2, 0.25) is 0 Å². The standard InChI is InChI=1S/C22H13ClN4O3S/c23-18-14-7-4-10-17(27(29)30)19(14)31-20(18)22(28)24-13-6-3-5-12(11-13)21-25-15-8-1-2-9-16(15)26-21/h1-11H,(H,24,28)(H,25,26). The summed E-state index contributed by atoms with van der Waals surface area (Å²) < 4.78 is 0.374. The van der Waals surface area contributed by atoms with Crippen LogP contribution in [0.1, 0.15) is 9.67 Å². The number of fused-ring (bicyclic) bond motifs is 2. The van der Waals surface area contributed by atoms with E-state index in [1.807, 2.05) is 36.4 Å². The van der Waals surface area contributed by atoms with Crippen LogP contribution in [0.25, 0.3) is 32.5 Å². The van der Waals surface area contributed by atoms with Crippen molar-refractivity contribution in [1.29, 1.82) is 0 Å². The highest BCUT2D eigenvalue weighted by atomic mass is 35.5. The van der Waals surface area contributed by atoms with Gasteiger partial charge in [0.15, 0.2) is 0 Å². The van der Waals surface area contributed by atoms with Crippen LogP contribution < -0.4 is 5.32 Å². The number of nitro benzene ring substituents is 1. The van der Waals surface area contributed by atoms with E-state index in [9.17, 15) is 14.9 Å². The molecule has 0 atom stereocenters. The highest BCUT2D eigenvalue weighted by Crippen LogP contribution is 2.40. The summed E-state index contributed by atoms with van der Waals surface area (Å²) in [7, 11) is 0. The van der Waals surface area contributed by atoms with Gasteiger partial charge in [-0.15, -0.1) is 11.3 Å². The van der Waals surface area contributed by atoms with E-state index in [0.29, 0.717) is 21.6 Å². The topological polar surface area (TPSA) is 101 Å². The number of hydrogen-bond acceptors (Lipinski definition) is 5. The summed E-state index contributed by atoms with van der Waals surface area (Å²) in [6.07, 6.45) is 0. The normalized spacial score (nSPS) is 11.1. The third-order valence-electron chi connectivity index (χ3n) is 4.82. The number of carbonyl (C=O) groups is 1. The lowest BCUT2D eigenvalue weighted by Crippen LogP contribution is -2.10. The number of nitrogens with one attached hydrogen (secondary N) is 2. The third-order valence-corrected chi connectivity index (χ3v) is 6.55. The van der Waals surface area contributed by atoms with Gasteiger partial charge in [-0.25, -0.2) is 4.98 Å². The number of benzene rings is 3. The first-order chi connectivity index (χ1) is 15.0. The average Bonchev–Trinajstić information content (AvgIpc) is 3.35. The molecule has 1 amide bonds. The smallest absolute Gasteiger partial charge is 0.287 e. The second-order valence-corrected chi connectivity index (χ2v) is 8.19. The maximum absolute atomic E-state index is 12.9. The van der Waals surface area contributed by atoms with Crippen molar-refractivity contribution in [2.45, 2.75) is 0 Å². The minimum Gasteiger partial charge on any atom is -0.338 e. The Hall–Kier alpha value is -3.75. The molecule has 0 aliphatic heterocycles. The van der Waals surface area contributed by atoms with E-state index in [4.69, 9.17) is 11.6 Å². The summed E-state index contributed by atoms with van der Waals surface area (Å²) in [4.78, 5) is 31.8. The maximum atomic E-state index is 12.9. The number of aromatic amines is 1. The van der Waals surface area contributed by atoms with Crippen molar-refractivity contribution >= 4 is 61.3 Å². The van der Waals surface area contributed by atoms with Gasteiger partial charge in [-0.2, -0.15) is 0 Å². The molecule has 5 rings (SSSR count). The Balaban J connectivity index is 1.47. The van der Waals surface area contributed by atoms with Gasteiger partial charge in [0.05, 0.1) is 21.0 Å². The number of nitro groups is 1. The first-order valence-electron chi connectivity index (χ1n) is 9.23. The highest BCUT2D eigenvalue weighted by Gasteiger charge is 2.23. The minimum atomic E-state index is -0.479. The van der Waals surface area contributed by atoms with Crippen LogP contribution in [-0.4, -0.2) is 20.8 Å². The molecule has 0 radical (unpaired) electrons. The number of non-ortho nitro benzene ring substituents is 1. The van der Waals surface area contributed by atoms with E-state index in [1.54, 1.807) is 24.3 Å². The van der Waals surface area contributed by atoms with Crippen LogP contribution in [0.4, 0.5) is 11.4 Å². The lowest BCUT2D eigenvalue weighted by molar-refractivity contribution is -0.382. The average molecular weight is 449 g/mol. The van der Waals surface area contributed by atoms with Crippen molar-refractivity contribution in [3.63, 3.8) is 0 Å². The number of rotatable bonds is 4. The molecule has 0 spiro atoms. The summed E-state index contributed by atoms with van der Waals surface area (Å²) in [5.74, 6) is 0.259. The Morgan fingerprint density at radius 2 is 1.90 bits per heavy atom. The van der Waals surface area contributed by atoms with Gasteiger partial charge >= 0.3 is 0 Å². The van der Waals surface area contributed by atoms with E-state index in [-0.39, 0.29) is 15.6 Å². The Morgan fingerprint density at radius 3 is 2.71 bits per heavy atom. The molecule has 0 unspecified atom stereocenters. The molecular formula is C22H13ClN4O3S. The molecule has 2 aromatic heterocycles. The molecule has 9 heteroatoms. The summed E-state index contributed by atoms with van der Waals surface area (Å²) >= 11 is 7.38. The molecule has 5 aromatic rings. The van der Waals surface area contributed by atoms with Crippen LogP contribution >= 0.6 is 22.9 Å². The third kappa shape index (κ3) is 3.41. The molecule has 0 saturated carbocycles. The number of anilines is 1. The van der Waals surface area contributed by atoms with Crippen LogP contribution in [-0.2, 0) is 0 Å². The molecule has 0 saturated heterocycles. The van der Waals surface area contributed by atoms with Crippen molar-refractivity contribution in [2.24, 2.45) is 0 Å². The number of nitrogens with zero attached hydrogens (tertiary/aromatic N) is 2. The van der Waals surface area contributed by atoms with Crippen molar-refractivity contribution < 1.29 is 9.72 Å². The van der Waals surface area contributed by atoms with Gasteiger partial charge in [0, 0.05) is 22.7 Å². The van der Waals surface area contributed by atoms with E-state index < -0.39 is 10.8 Å². The van der Waals surface area contributed by atoms with Crippen molar-refractivity contribution in [1.82, 2.24) is 9.97 Å². The summed E-state index contributed by atoms with van der Waals surface area (Å²) in [5, 5.41) is 14.8. The fourth-order valence-electron chi connectivity index (χ4n) is 3.39. The number of imidazole rings is 1. The van der Waals surface area contributed by atoms with Gasteiger partial charge in [0.1, 0.15) is 15.4 Å². The van der Waals surface area contributed by atoms with Crippen LogP contribution in [0.5, 0.6) is 0 Å². The molecule has 31 heavy (non-hydrogen) atoms. The van der Waals surface area contributed by atoms with E-state index in [1.165, 1.54) is 6.07 Å². The summed E-state index contributed by atoms with van der Waals surface area (Å²) in [5.41, 5.74) is 3.07. The number of hydrogen-bond donors (Lipinski definition) is 2. The fourth-order valence-corrected chi connectivity index (χ4v) is 4.88. The van der Waals surface area contributed by atoms with Gasteiger partial charge in [-0.1, -0.05) is 48.0 Å². The lowest BCUT2D eigenvalue weighted by atomic mass is 10.2. The predicted molar refractivity (Wildman–Crippen MR) is 123 cm³/mol. The fraction of sp³-hybridized carbons (Fsp3) is 0. The van der Waals surface area contributed by atoms with Crippen molar-refractivity contribution in [2.75, 3.05) is 5.32 Å². The summed E-state index contributed by atoms with van der Waals surface area (Å²) in [6.45, 7) is 0. The molecule has 0 aliphatic carbocycles. The zero-order valence-electron chi connectivity index (χ0n) is 15.8. The van der Waals surface area contributed by atoms with E-state index >= 15 is 0 Å². The number of thiophene rings is 1. The number of carbonyl (C=O) groups excluding carboxylic acids is 1. The molecule has 0 fully saturated rings. The molecule has 0 aliphatic rings. The Kier molecular flexibility index (Phi) is 4.65. The first kappa shape index (κ1) is 19.2. The highest BCUT2D eigenvalue weighted by molar-refractivity contribution is 7.22. The monoisotopic (exact) mass is 448 g/mol. The number of aromatic nitrogens is 2. The molecule has 0 bridgehead atoms. The Labute approximate surface area is 184 Å². The van der Waals surface area contributed by atoms with Gasteiger partial charge < -0.3 is 10.3 Å². The van der Waals surface area contributed by atoms with E-state index in [2.05, 4.69) is 15.3 Å². The molecule has 2 heterocycles. The lowest BCUT2D eigenvalue weighted by Gasteiger charge is -2.06.